The van der Waals surface area contributed by atoms with Gasteiger partial charge in [0, 0.05) is 23.4 Å². The van der Waals surface area contributed by atoms with Gasteiger partial charge in [-0.1, -0.05) is 69.7 Å². The van der Waals surface area contributed by atoms with Crippen molar-refractivity contribution in [3.05, 3.63) is 65.7 Å². The van der Waals surface area contributed by atoms with E-state index in [1.54, 1.807) is 6.08 Å². The second-order valence-corrected chi connectivity index (χ2v) is 6.07. The predicted octanol–water partition coefficient (Wildman–Crippen LogP) is 6.36. The first-order valence-electron chi connectivity index (χ1n) is 7.85. The van der Waals surface area contributed by atoms with Gasteiger partial charge in [-0.25, -0.2) is 0 Å². The summed E-state index contributed by atoms with van der Waals surface area (Å²) in [5.74, 6) is 0.611. The largest absolute Gasteiger partial charge is 0.292 e. The van der Waals surface area contributed by atoms with Crippen LogP contribution in [-0.2, 0) is 0 Å². The normalized spacial score (nSPS) is 13.3. The maximum Gasteiger partial charge on any atom is 0.0415 e. The third-order valence-electron chi connectivity index (χ3n) is 3.46. The van der Waals surface area contributed by atoms with Crippen molar-refractivity contribution in [2.75, 3.05) is 6.54 Å². The summed E-state index contributed by atoms with van der Waals surface area (Å²) in [5.41, 5.74) is 2.91. The Balaban J connectivity index is 2.86. The summed E-state index contributed by atoms with van der Waals surface area (Å²) >= 11 is 6.09. The van der Waals surface area contributed by atoms with Crippen LogP contribution in [0.3, 0.4) is 0 Å². The molecule has 1 unspecified atom stereocenters. The molecule has 0 bridgehead atoms. The van der Waals surface area contributed by atoms with E-state index in [4.69, 9.17) is 11.6 Å². The van der Waals surface area contributed by atoms with E-state index >= 15 is 0 Å². The summed E-state index contributed by atoms with van der Waals surface area (Å²) in [4.78, 5) is 4.61. The van der Waals surface area contributed by atoms with Crippen LogP contribution in [0.4, 0.5) is 0 Å². The maximum absolute atomic E-state index is 6.09. The van der Waals surface area contributed by atoms with E-state index in [1.807, 2.05) is 36.6 Å². The molecule has 0 fully saturated rings. The average molecular weight is 316 g/mol. The lowest BCUT2D eigenvalue weighted by molar-refractivity contribution is 0.518. The van der Waals surface area contributed by atoms with E-state index in [1.165, 1.54) is 19.3 Å². The molecule has 0 aromatic heterocycles. The van der Waals surface area contributed by atoms with Gasteiger partial charge in [0.2, 0.25) is 0 Å². The van der Waals surface area contributed by atoms with Gasteiger partial charge in [-0.05, 0) is 41.7 Å². The van der Waals surface area contributed by atoms with Gasteiger partial charge >= 0.3 is 0 Å². The summed E-state index contributed by atoms with van der Waals surface area (Å²) < 4.78 is 0. The standard InChI is InChI=1S/C20H26ClN/c1-5-7-9-17(4)14-22-15-19(12-16(3)6-2)18-10-8-11-20(21)13-18/h6,8,10-13,15,17H,2-3,5,7,9,14H2,1,4H3/b19-12+,22-15-. The van der Waals surface area contributed by atoms with Crippen molar-refractivity contribution in [2.24, 2.45) is 10.9 Å². The zero-order chi connectivity index (χ0) is 16.4. The van der Waals surface area contributed by atoms with E-state index < -0.39 is 0 Å². The Morgan fingerprint density at radius 1 is 1.41 bits per heavy atom. The molecular formula is C20H26ClN. The maximum atomic E-state index is 6.09. The Kier molecular flexibility index (Phi) is 8.54. The number of unbranched alkanes of at least 4 members (excludes halogenated alkanes) is 1. The van der Waals surface area contributed by atoms with Crippen LogP contribution in [-0.4, -0.2) is 12.8 Å². The van der Waals surface area contributed by atoms with Crippen molar-refractivity contribution in [1.82, 2.24) is 0 Å². The molecule has 22 heavy (non-hydrogen) atoms. The number of allylic oxidation sites excluding steroid dienone is 4. The van der Waals surface area contributed by atoms with E-state index in [-0.39, 0.29) is 0 Å². The summed E-state index contributed by atoms with van der Waals surface area (Å²) in [6.07, 6.45) is 9.37. The van der Waals surface area contributed by atoms with Crippen molar-refractivity contribution in [2.45, 2.75) is 33.1 Å². The Bertz CT molecular complexity index is 555. The van der Waals surface area contributed by atoms with Crippen LogP contribution >= 0.6 is 11.6 Å². The third kappa shape index (κ3) is 6.91. The molecule has 2 heteroatoms. The number of nitrogens with zero attached hydrogens (tertiary/aromatic N) is 1. The fourth-order valence-corrected chi connectivity index (χ4v) is 2.29. The minimum atomic E-state index is 0.611. The molecule has 0 aliphatic carbocycles. The third-order valence-corrected chi connectivity index (χ3v) is 3.69. The zero-order valence-corrected chi connectivity index (χ0v) is 14.4. The van der Waals surface area contributed by atoms with Gasteiger partial charge in [0.15, 0.2) is 0 Å². The smallest absolute Gasteiger partial charge is 0.0415 e. The van der Waals surface area contributed by atoms with Gasteiger partial charge in [-0.15, -0.1) is 0 Å². The summed E-state index contributed by atoms with van der Waals surface area (Å²) in [5, 5.41) is 0.720. The fraction of sp³-hybridized carbons (Fsp3) is 0.350. The molecule has 1 aromatic rings. The van der Waals surface area contributed by atoms with Crippen LogP contribution in [0, 0.1) is 5.92 Å². The number of rotatable bonds is 9. The predicted molar refractivity (Wildman–Crippen MR) is 101 cm³/mol. The molecule has 0 spiro atoms. The van der Waals surface area contributed by atoms with Gasteiger partial charge in [0.05, 0.1) is 0 Å². The minimum absolute atomic E-state index is 0.611. The van der Waals surface area contributed by atoms with E-state index in [0.29, 0.717) is 5.92 Å². The van der Waals surface area contributed by atoms with Crippen molar-refractivity contribution < 1.29 is 0 Å². The molecule has 0 amide bonds. The molecule has 1 nitrogen and oxygen atoms in total. The van der Waals surface area contributed by atoms with Crippen molar-refractivity contribution >= 4 is 23.4 Å². The highest BCUT2D eigenvalue weighted by Gasteiger charge is 2.02. The van der Waals surface area contributed by atoms with Crippen molar-refractivity contribution in [3.8, 4) is 0 Å². The molecule has 0 radical (unpaired) electrons. The summed E-state index contributed by atoms with van der Waals surface area (Å²) in [7, 11) is 0. The van der Waals surface area contributed by atoms with Crippen LogP contribution < -0.4 is 0 Å². The Morgan fingerprint density at radius 2 is 2.18 bits per heavy atom. The highest BCUT2D eigenvalue weighted by molar-refractivity contribution is 6.31. The molecule has 0 saturated carbocycles. The van der Waals surface area contributed by atoms with Crippen LogP contribution in [0.2, 0.25) is 5.02 Å². The van der Waals surface area contributed by atoms with Crippen LogP contribution in [0.25, 0.3) is 5.57 Å². The average Bonchev–Trinajstić information content (AvgIpc) is 2.51. The first-order chi connectivity index (χ1) is 10.6. The monoisotopic (exact) mass is 315 g/mol. The molecule has 0 saturated heterocycles. The minimum Gasteiger partial charge on any atom is -0.292 e. The molecule has 0 aliphatic heterocycles. The van der Waals surface area contributed by atoms with Gasteiger partial charge in [-0.2, -0.15) is 0 Å². The first-order valence-corrected chi connectivity index (χ1v) is 8.23. The van der Waals surface area contributed by atoms with Gasteiger partial charge < -0.3 is 0 Å². The van der Waals surface area contributed by atoms with Crippen LogP contribution in [0.1, 0.15) is 38.7 Å². The Labute approximate surface area is 140 Å². The highest BCUT2D eigenvalue weighted by Crippen LogP contribution is 2.19. The topological polar surface area (TPSA) is 12.4 Å². The number of benzene rings is 1. The lowest BCUT2D eigenvalue weighted by Gasteiger charge is -2.08. The second-order valence-electron chi connectivity index (χ2n) is 5.63. The molecular weight excluding hydrogens is 290 g/mol. The fourth-order valence-electron chi connectivity index (χ4n) is 2.10. The van der Waals surface area contributed by atoms with E-state index in [9.17, 15) is 0 Å². The Hall–Kier alpha value is -1.60. The molecule has 118 valence electrons. The lowest BCUT2D eigenvalue weighted by Crippen LogP contribution is -1.99. The number of aliphatic imine (C=N–C) groups is 1. The zero-order valence-electron chi connectivity index (χ0n) is 13.7. The van der Waals surface area contributed by atoms with E-state index in [2.05, 4.69) is 32.0 Å². The molecule has 0 aliphatic rings. The van der Waals surface area contributed by atoms with Crippen molar-refractivity contribution in [1.29, 1.82) is 0 Å². The van der Waals surface area contributed by atoms with E-state index in [0.717, 1.165) is 28.3 Å². The second kappa shape index (κ2) is 10.2. The number of halogens is 1. The van der Waals surface area contributed by atoms with Gasteiger partial charge in [0.25, 0.3) is 0 Å². The van der Waals surface area contributed by atoms with Gasteiger partial charge in [-0.3, -0.25) is 4.99 Å². The highest BCUT2D eigenvalue weighted by atomic mass is 35.5. The molecule has 0 N–H and O–H groups in total. The molecule has 1 rings (SSSR count). The summed E-state index contributed by atoms with van der Waals surface area (Å²) in [6, 6.07) is 7.78. The Morgan fingerprint density at radius 3 is 2.82 bits per heavy atom. The lowest BCUT2D eigenvalue weighted by atomic mass is 10.0. The molecule has 1 aromatic carbocycles. The van der Waals surface area contributed by atoms with Gasteiger partial charge in [0.1, 0.15) is 0 Å². The quantitative estimate of drug-likeness (QED) is 0.371. The summed E-state index contributed by atoms with van der Waals surface area (Å²) in [6.45, 7) is 13.0. The van der Waals surface area contributed by atoms with Crippen molar-refractivity contribution in [3.63, 3.8) is 0 Å². The number of hydrogen-bond acceptors (Lipinski definition) is 1. The molecule has 1 atom stereocenters. The van der Waals surface area contributed by atoms with Crippen LogP contribution in [0.5, 0.6) is 0 Å². The molecule has 0 heterocycles. The first kappa shape index (κ1) is 18.4. The SMILES string of the molecule is C=CC(=C)/C=C(\C=N/CC(C)CCCC)c1cccc(Cl)c1. The number of hydrogen-bond donors (Lipinski definition) is 0. The van der Waals surface area contributed by atoms with Crippen LogP contribution in [0.15, 0.2) is 60.1 Å².